The molecule has 1 atom stereocenters. The molecule has 1 aromatic heterocycles. The molecule has 0 aliphatic rings. The molecule has 0 aliphatic heterocycles. The Bertz CT molecular complexity index is 866. The van der Waals surface area contributed by atoms with Crippen molar-refractivity contribution < 1.29 is 23.8 Å². The Hall–Kier alpha value is -2.76. The number of hydrogen-bond donors (Lipinski definition) is 0. The zero-order valence-corrected chi connectivity index (χ0v) is 17.0. The summed E-state index contributed by atoms with van der Waals surface area (Å²) in [4.78, 5) is 25.3. The van der Waals surface area contributed by atoms with Crippen molar-refractivity contribution in [3.8, 4) is 11.5 Å². The molecule has 6 nitrogen and oxygen atoms in total. The van der Waals surface area contributed by atoms with Crippen LogP contribution in [0.1, 0.15) is 51.5 Å². The molecule has 2 rings (SSSR count). The maximum absolute atomic E-state index is 13.1. The minimum Gasteiger partial charge on any atom is -0.493 e. The summed E-state index contributed by atoms with van der Waals surface area (Å²) in [5, 5.41) is 0. The molecule has 0 saturated carbocycles. The lowest BCUT2D eigenvalue weighted by atomic mass is 10.0. The van der Waals surface area contributed by atoms with E-state index >= 15 is 0 Å². The molecule has 0 spiro atoms. The molecule has 0 saturated heterocycles. The Balaban J connectivity index is 2.40. The minimum atomic E-state index is -0.739. The number of Topliss-reactive ketones (excluding diaryl/α,β-unsaturated/α-hetero) is 1. The molecule has 0 radical (unpaired) electrons. The van der Waals surface area contributed by atoms with E-state index in [1.807, 2.05) is 32.9 Å². The van der Waals surface area contributed by atoms with Gasteiger partial charge in [-0.1, -0.05) is 6.07 Å². The van der Waals surface area contributed by atoms with Gasteiger partial charge in [-0.3, -0.25) is 4.79 Å². The topological polar surface area (TPSA) is 66.8 Å². The van der Waals surface area contributed by atoms with E-state index in [2.05, 4.69) is 0 Å². The van der Waals surface area contributed by atoms with Crippen molar-refractivity contribution >= 4 is 11.8 Å². The molecule has 27 heavy (non-hydrogen) atoms. The van der Waals surface area contributed by atoms with E-state index in [1.54, 1.807) is 31.6 Å². The van der Waals surface area contributed by atoms with Crippen molar-refractivity contribution in [1.29, 1.82) is 0 Å². The molecule has 0 unspecified atom stereocenters. The normalized spacial score (nSPS) is 11.8. The average molecular weight is 373 g/mol. The van der Waals surface area contributed by atoms with Gasteiger partial charge in [0, 0.05) is 17.8 Å². The predicted octanol–water partition coefficient (Wildman–Crippen LogP) is 3.88. The SMILES string of the molecule is CCn1c(C)c(C(=O)[C@@H](C)Oc2ccc(C)cc2OC)c(C)c1C(=O)OC. The molecule has 0 N–H and O–H groups in total. The highest BCUT2D eigenvalue weighted by atomic mass is 16.5. The Morgan fingerprint density at radius 2 is 1.78 bits per heavy atom. The third kappa shape index (κ3) is 3.84. The molecule has 0 bridgehead atoms. The average Bonchev–Trinajstić information content (AvgIpc) is 2.91. The van der Waals surface area contributed by atoms with E-state index in [4.69, 9.17) is 14.2 Å². The van der Waals surface area contributed by atoms with E-state index in [0.717, 1.165) is 11.3 Å². The van der Waals surface area contributed by atoms with E-state index < -0.39 is 12.1 Å². The summed E-state index contributed by atoms with van der Waals surface area (Å²) in [6.07, 6.45) is -0.739. The number of carbonyl (C=O) groups is 2. The van der Waals surface area contributed by atoms with Gasteiger partial charge < -0.3 is 18.8 Å². The number of benzene rings is 1. The lowest BCUT2D eigenvalue weighted by Crippen LogP contribution is -2.25. The first-order chi connectivity index (χ1) is 12.8. The number of aryl methyl sites for hydroxylation is 1. The van der Waals surface area contributed by atoms with Gasteiger partial charge in [0.15, 0.2) is 17.6 Å². The van der Waals surface area contributed by atoms with Crippen LogP contribution in [0.2, 0.25) is 0 Å². The van der Waals surface area contributed by atoms with Crippen LogP contribution in [0, 0.1) is 20.8 Å². The number of hydrogen-bond acceptors (Lipinski definition) is 5. The van der Waals surface area contributed by atoms with E-state index in [1.165, 1.54) is 7.11 Å². The number of ether oxygens (including phenoxy) is 3. The lowest BCUT2D eigenvalue weighted by molar-refractivity contribution is 0.0587. The van der Waals surface area contributed by atoms with Crippen LogP contribution in [0.5, 0.6) is 11.5 Å². The van der Waals surface area contributed by atoms with Crippen LogP contribution in [0.15, 0.2) is 18.2 Å². The third-order valence-electron chi connectivity index (χ3n) is 4.70. The number of aromatic nitrogens is 1. The molecule has 0 fully saturated rings. The van der Waals surface area contributed by atoms with Gasteiger partial charge in [-0.25, -0.2) is 4.79 Å². The van der Waals surface area contributed by atoms with E-state index in [-0.39, 0.29) is 5.78 Å². The van der Waals surface area contributed by atoms with Gasteiger partial charge >= 0.3 is 5.97 Å². The predicted molar refractivity (Wildman–Crippen MR) is 103 cm³/mol. The van der Waals surface area contributed by atoms with Crippen LogP contribution < -0.4 is 9.47 Å². The largest absolute Gasteiger partial charge is 0.493 e. The first kappa shape index (κ1) is 20.6. The molecular weight excluding hydrogens is 346 g/mol. The third-order valence-corrected chi connectivity index (χ3v) is 4.70. The van der Waals surface area contributed by atoms with Gasteiger partial charge in [0.2, 0.25) is 5.78 Å². The number of nitrogens with zero attached hydrogens (tertiary/aromatic N) is 1. The van der Waals surface area contributed by atoms with Crippen molar-refractivity contribution in [3.05, 3.63) is 46.3 Å². The Labute approximate surface area is 160 Å². The summed E-state index contributed by atoms with van der Waals surface area (Å²) >= 11 is 0. The standard InChI is InChI=1S/C21H27NO5/c1-8-22-14(4)18(13(3)19(22)21(24)26-7)20(23)15(5)27-16-10-9-12(2)11-17(16)25-6/h9-11,15H,8H2,1-7H3/t15-/m1/s1. The highest BCUT2D eigenvalue weighted by Crippen LogP contribution is 2.30. The highest BCUT2D eigenvalue weighted by Gasteiger charge is 2.29. The Morgan fingerprint density at radius 1 is 1.11 bits per heavy atom. The maximum Gasteiger partial charge on any atom is 0.354 e. The van der Waals surface area contributed by atoms with Crippen molar-refractivity contribution in [1.82, 2.24) is 4.57 Å². The second-order valence-electron chi connectivity index (χ2n) is 6.45. The second-order valence-corrected chi connectivity index (χ2v) is 6.45. The molecule has 1 heterocycles. The van der Waals surface area contributed by atoms with E-state index in [0.29, 0.717) is 34.9 Å². The second kappa shape index (κ2) is 8.29. The van der Waals surface area contributed by atoms with Crippen molar-refractivity contribution in [2.45, 2.75) is 47.3 Å². The molecule has 0 aliphatic carbocycles. The van der Waals surface area contributed by atoms with E-state index in [9.17, 15) is 9.59 Å². The van der Waals surface area contributed by atoms with Gasteiger partial charge in [-0.2, -0.15) is 0 Å². The maximum atomic E-state index is 13.1. The molecule has 1 aromatic carbocycles. The molecule has 6 heteroatoms. The molecule has 146 valence electrons. The fourth-order valence-corrected chi connectivity index (χ4v) is 3.33. The van der Waals surface area contributed by atoms with Gasteiger partial charge in [-0.05, 0) is 57.9 Å². The number of methoxy groups -OCH3 is 2. The zero-order valence-electron chi connectivity index (χ0n) is 17.0. The zero-order chi connectivity index (χ0) is 20.3. The summed E-state index contributed by atoms with van der Waals surface area (Å²) in [6.45, 7) is 9.72. The first-order valence-corrected chi connectivity index (χ1v) is 8.90. The van der Waals surface area contributed by atoms with Crippen LogP contribution >= 0.6 is 0 Å². The summed E-state index contributed by atoms with van der Waals surface area (Å²) in [7, 11) is 2.90. The summed E-state index contributed by atoms with van der Waals surface area (Å²) in [5.41, 5.74) is 3.27. The van der Waals surface area contributed by atoms with Crippen LogP contribution in [0.25, 0.3) is 0 Å². The highest BCUT2D eigenvalue weighted by molar-refractivity contribution is 6.05. The van der Waals surface area contributed by atoms with Crippen molar-refractivity contribution in [3.63, 3.8) is 0 Å². The van der Waals surface area contributed by atoms with Crippen LogP contribution in [-0.4, -0.2) is 36.6 Å². The number of carbonyl (C=O) groups excluding carboxylic acids is 2. The van der Waals surface area contributed by atoms with Gasteiger partial charge in [0.05, 0.1) is 14.2 Å². The summed E-state index contributed by atoms with van der Waals surface area (Å²) in [5.74, 6) is 0.433. The lowest BCUT2D eigenvalue weighted by Gasteiger charge is -2.17. The Morgan fingerprint density at radius 3 is 2.33 bits per heavy atom. The van der Waals surface area contributed by atoms with Crippen LogP contribution in [0.4, 0.5) is 0 Å². The fraction of sp³-hybridized carbons (Fsp3) is 0.429. The van der Waals surface area contributed by atoms with Crippen LogP contribution in [0.3, 0.4) is 0 Å². The van der Waals surface area contributed by atoms with Gasteiger partial charge in [-0.15, -0.1) is 0 Å². The minimum absolute atomic E-state index is 0.190. The van der Waals surface area contributed by atoms with Gasteiger partial charge in [0.1, 0.15) is 5.69 Å². The van der Waals surface area contributed by atoms with Crippen molar-refractivity contribution in [2.24, 2.45) is 0 Å². The number of rotatable bonds is 7. The molecule has 0 amide bonds. The summed E-state index contributed by atoms with van der Waals surface area (Å²) in [6, 6.07) is 5.54. The van der Waals surface area contributed by atoms with Crippen LogP contribution in [-0.2, 0) is 11.3 Å². The van der Waals surface area contributed by atoms with Crippen molar-refractivity contribution in [2.75, 3.05) is 14.2 Å². The summed E-state index contributed by atoms with van der Waals surface area (Å²) < 4.78 is 17.9. The monoisotopic (exact) mass is 373 g/mol. The number of esters is 1. The quantitative estimate of drug-likeness (QED) is 0.544. The fourth-order valence-electron chi connectivity index (χ4n) is 3.33. The molecule has 2 aromatic rings. The first-order valence-electron chi connectivity index (χ1n) is 8.90. The van der Waals surface area contributed by atoms with Gasteiger partial charge in [0.25, 0.3) is 0 Å². The molecular formula is C21H27NO5. The Kier molecular flexibility index (Phi) is 6.31. The number of ketones is 1. The smallest absolute Gasteiger partial charge is 0.354 e.